The van der Waals surface area contributed by atoms with Crippen LogP contribution in [0.2, 0.25) is 0 Å². The summed E-state index contributed by atoms with van der Waals surface area (Å²) in [6, 6.07) is 3.21. The summed E-state index contributed by atoms with van der Waals surface area (Å²) in [4.78, 5) is 22.2. The Kier molecular flexibility index (Phi) is 14.2. The first-order valence-corrected chi connectivity index (χ1v) is 10.4. The summed E-state index contributed by atoms with van der Waals surface area (Å²) < 4.78 is 10.3. The molecule has 0 saturated carbocycles. The number of ether oxygens (including phenoxy) is 1. The molecule has 0 atom stereocenters. The number of carbonyl (C=O) groups excluding carboxylic acids is 2. The minimum Gasteiger partial charge on any atom is -0.457 e. The third kappa shape index (κ3) is 12.9. The number of aldehydes is 1. The van der Waals surface area contributed by atoms with E-state index < -0.39 is 0 Å². The van der Waals surface area contributed by atoms with Gasteiger partial charge in [-0.3, -0.25) is 9.59 Å². The molecule has 1 heterocycles. The van der Waals surface area contributed by atoms with Gasteiger partial charge in [0.05, 0.1) is 0 Å². The van der Waals surface area contributed by atoms with Gasteiger partial charge in [-0.1, -0.05) is 62.6 Å². The molecule has 1 aromatic rings. The zero-order valence-corrected chi connectivity index (χ0v) is 17.1. The topological polar surface area (TPSA) is 56.5 Å². The summed E-state index contributed by atoms with van der Waals surface area (Å²) in [6.07, 6.45) is 24.0. The van der Waals surface area contributed by atoms with Crippen LogP contribution in [0.4, 0.5) is 0 Å². The number of furan rings is 1. The van der Waals surface area contributed by atoms with Gasteiger partial charge in [-0.25, -0.2) is 0 Å². The molecule has 28 heavy (non-hydrogen) atoms. The number of esters is 1. The molecule has 0 saturated heterocycles. The van der Waals surface area contributed by atoms with Gasteiger partial charge < -0.3 is 9.15 Å². The molecule has 0 unspecified atom stereocenters. The van der Waals surface area contributed by atoms with Crippen molar-refractivity contribution in [3.63, 3.8) is 0 Å². The smallest absolute Gasteiger partial charge is 0.306 e. The Labute approximate surface area is 169 Å². The van der Waals surface area contributed by atoms with Crippen LogP contribution in [0, 0.1) is 0 Å². The average Bonchev–Trinajstić information content (AvgIpc) is 3.17. The Morgan fingerprint density at radius 3 is 2.32 bits per heavy atom. The zero-order valence-electron chi connectivity index (χ0n) is 17.1. The molecule has 0 aliphatic heterocycles. The minimum absolute atomic E-state index is 0.0869. The highest BCUT2D eigenvalue weighted by atomic mass is 16.5. The van der Waals surface area contributed by atoms with Gasteiger partial charge in [-0.2, -0.15) is 0 Å². The highest BCUT2D eigenvalue weighted by molar-refractivity contribution is 5.70. The third-order valence-electron chi connectivity index (χ3n) is 4.21. The first-order chi connectivity index (χ1) is 13.8. The van der Waals surface area contributed by atoms with Crippen molar-refractivity contribution < 1.29 is 18.7 Å². The highest BCUT2D eigenvalue weighted by Gasteiger charge is 2.06. The van der Waals surface area contributed by atoms with Crippen LogP contribution in [0.1, 0.15) is 87.4 Å². The predicted octanol–water partition coefficient (Wildman–Crippen LogP) is 6.72. The zero-order chi connectivity index (χ0) is 20.3. The van der Waals surface area contributed by atoms with E-state index in [0.29, 0.717) is 18.5 Å². The second-order valence-corrected chi connectivity index (χ2v) is 6.68. The maximum absolute atomic E-state index is 11.7. The van der Waals surface area contributed by atoms with E-state index in [0.717, 1.165) is 44.9 Å². The molecule has 0 spiro atoms. The molecule has 0 aromatic carbocycles. The van der Waals surface area contributed by atoms with Crippen LogP contribution in [0.15, 0.2) is 53.0 Å². The quantitative estimate of drug-likeness (QED) is 0.137. The van der Waals surface area contributed by atoms with Gasteiger partial charge in [0.25, 0.3) is 0 Å². The Balaban J connectivity index is 1.90. The molecule has 0 amide bonds. The lowest BCUT2D eigenvalue weighted by Crippen LogP contribution is -2.03. The maximum atomic E-state index is 11.7. The van der Waals surface area contributed by atoms with E-state index in [2.05, 4.69) is 43.4 Å². The molecule has 154 valence electrons. The highest BCUT2D eigenvalue weighted by Crippen LogP contribution is 2.10. The van der Waals surface area contributed by atoms with Crippen LogP contribution in [0.3, 0.4) is 0 Å². The average molecular weight is 387 g/mol. The van der Waals surface area contributed by atoms with Crippen LogP contribution in [-0.4, -0.2) is 12.3 Å². The Bertz CT molecular complexity index is 622. The van der Waals surface area contributed by atoms with Gasteiger partial charge in [0.1, 0.15) is 12.4 Å². The van der Waals surface area contributed by atoms with Crippen molar-refractivity contribution in [1.82, 2.24) is 0 Å². The predicted molar refractivity (Wildman–Crippen MR) is 113 cm³/mol. The summed E-state index contributed by atoms with van der Waals surface area (Å²) >= 11 is 0. The fourth-order valence-corrected chi connectivity index (χ4v) is 2.65. The van der Waals surface area contributed by atoms with Crippen molar-refractivity contribution in [3.8, 4) is 0 Å². The second-order valence-electron chi connectivity index (χ2n) is 6.68. The summed E-state index contributed by atoms with van der Waals surface area (Å²) in [5, 5.41) is 0. The molecule has 0 bridgehead atoms. The maximum Gasteiger partial charge on any atom is 0.306 e. The van der Waals surface area contributed by atoms with Crippen molar-refractivity contribution in [2.75, 3.05) is 0 Å². The molecule has 0 aliphatic rings. The lowest BCUT2D eigenvalue weighted by Gasteiger charge is -2.03. The monoisotopic (exact) mass is 386 g/mol. The third-order valence-corrected chi connectivity index (χ3v) is 4.21. The Hall–Kier alpha value is -2.36. The molecule has 0 N–H and O–H groups in total. The van der Waals surface area contributed by atoms with Crippen molar-refractivity contribution in [1.29, 1.82) is 0 Å². The van der Waals surface area contributed by atoms with E-state index in [1.54, 1.807) is 12.1 Å². The number of allylic oxidation sites excluding steroid dienone is 6. The lowest BCUT2D eigenvalue weighted by molar-refractivity contribution is -0.145. The van der Waals surface area contributed by atoms with Crippen molar-refractivity contribution in [2.24, 2.45) is 0 Å². The van der Waals surface area contributed by atoms with Crippen molar-refractivity contribution in [3.05, 3.63) is 60.1 Å². The van der Waals surface area contributed by atoms with Gasteiger partial charge in [0, 0.05) is 6.42 Å². The number of unbranched alkanes of at least 4 members (excludes halogenated alkanes) is 5. The first kappa shape index (κ1) is 23.7. The number of carbonyl (C=O) groups is 2. The first-order valence-electron chi connectivity index (χ1n) is 10.4. The van der Waals surface area contributed by atoms with Gasteiger partial charge in [-0.05, 0) is 50.7 Å². The van der Waals surface area contributed by atoms with Crippen LogP contribution in [-0.2, 0) is 16.1 Å². The van der Waals surface area contributed by atoms with Gasteiger partial charge >= 0.3 is 5.97 Å². The fourth-order valence-electron chi connectivity index (χ4n) is 2.65. The van der Waals surface area contributed by atoms with E-state index in [-0.39, 0.29) is 18.3 Å². The molecule has 0 fully saturated rings. The Morgan fingerprint density at radius 1 is 0.929 bits per heavy atom. The van der Waals surface area contributed by atoms with E-state index >= 15 is 0 Å². The molecular weight excluding hydrogens is 352 g/mol. The van der Waals surface area contributed by atoms with Crippen LogP contribution in [0.5, 0.6) is 0 Å². The normalized spacial score (nSPS) is 11.8. The van der Waals surface area contributed by atoms with E-state index in [1.165, 1.54) is 12.8 Å². The van der Waals surface area contributed by atoms with Gasteiger partial charge in [-0.15, -0.1) is 0 Å². The lowest BCUT2D eigenvalue weighted by atomic mass is 10.1. The molecule has 0 aliphatic carbocycles. The standard InChI is InChI=1S/C24H34O4/c1-2-3-4-5-6-7-8-9-10-11-12-13-14-15-16-17-24(26)27-21-23-19-18-22(20-25)28-23/h3-4,6-7,9-10,18-20H,2,5,8,11-17,21H2,1H3/b4-3-,7-6-,10-9-. The summed E-state index contributed by atoms with van der Waals surface area (Å²) in [7, 11) is 0. The van der Waals surface area contributed by atoms with E-state index in [9.17, 15) is 9.59 Å². The van der Waals surface area contributed by atoms with E-state index in [4.69, 9.17) is 9.15 Å². The fraction of sp³-hybridized carbons (Fsp3) is 0.500. The van der Waals surface area contributed by atoms with Crippen molar-refractivity contribution >= 4 is 12.3 Å². The summed E-state index contributed by atoms with van der Waals surface area (Å²) in [5.74, 6) is 0.523. The van der Waals surface area contributed by atoms with E-state index in [1.807, 2.05) is 0 Å². The van der Waals surface area contributed by atoms with Crippen LogP contribution < -0.4 is 0 Å². The van der Waals surface area contributed by atoms with Gasteiger partial charge in [0.2, 0.25) is 0 Å². The molecular formula is C24H34O4. The SMILES string of the molecule is CC/C=C\C/C=C\C/C=C\CCCCCCCC(=O)OCc1ccc(C=O)o1. The van der Waals surface area contributed by atoms with Crippen LogP contribution >= 0.6 is 0 Å². The molecule has 1 aromatic heterocycles. The summed E-state index contributed by atoms with van der Waals surface area (Å²) in [6.45, 7) is 2.23. The van der Waals surface area contributed by atoms with Crippen LogP contribution in [0.25, 0.3) is 0 Å². The van der Waals surface area contributed by atoms with Crippen molar-refractivity contribution in [2.45, 2.75) is 77.7 Å². The number of rotatable bonds is 16. The minimum atomic E-state index is -0.217. The Morgan fingerprint density at radius 2 is 1.61 bits per heavy atom. The second kappa shape index (κ2) is 16.8. The number of hydrogen-bond acceptors (Lipinski definition) is 4. The molecule has 0 radical (unpaired) electrons. The molecule has 4 nitrogen and oxygen atoms in total. The number of hydrogen-bond donors (Lipinski definition) is 0. The summed E-state index contributed by atoms with van der Waals surface area (Å²) in [5.41, 5.74) is 0. The molecule has 4 heteroatoms. The largest absolute Gasteiger partial charge is 0.457 e. The van der Waals surface area contributed by atoms with Gasteiger partial charge in [0.15, 0.2) is 12.0 Å². The molecule has 1 rings (SSSR count).